The van der Waals surface area contributed by atoms with Crippen molar-refractivity contribution in [2.75, 3.05) is 0 Å². The van der Waals surface area contributed by atoms with Gasteiger partial charge < -0.3 is 10.1 Å². The van der Waals surface area contributed by atoms with Crippen LogP contribution in [0.5, 0.6) is 0 Å². The van der Waals surface area contributed by atoms with Crippen LogP contribution in [0.25, 0.3) is 0 Å². The third-order valence-electron chi connectivity index (χ3n) is 1.69. The van der Waals surface area contributed by atoms with E-state index < -0.39 is 22.7 Å². The highest BCUT2D eigenvalue weighted by Crippen LogP contribution is 2.33. The van der Waals surface area contributed by atoms with E-state index in [1.807, 2.05) is 0 Å². The molecule has 0 saturated heterocycles. The zero-order valence-corrected chi connectivity index (χ0v) is 8.59. The number of halogens is 3. The van der Waals surface area contributed by atoms with Crippen LogP contribution in [0.1, 0.15) is 17.6 Å². The van der Waals surface area contributed by atoms with Gasteiger partial charge in [-0.15, -0.1) is 0 Å². The number of aromatic nitrogens is 1. The van der Waals surface area contributed by atoms with Crippen LogP contribution in [0.15, 0.2) is 10.7 Å². The molecule has 4 nitrogen and oxygen atoms in total. The zero-order chi connectivity index (χ0) is 10.9. The Labute approximate surface area is 86.2 Å². The molecule has 1 heterocycles. The lowest BCUT2D eigenvalue weighted by Crippen LogP contribution is -2.02. The molecule has 0 radical (unpaired) electrons. The fraction of sp³-hybridized carbons (Fsp3) is 0.286. The van der Waals surface area contributed by atoms with Crippen LogP contribution in [0, 0.1) is 17.0 Å². The molecule has 14 heavy (non-hydrogen) atoms. The Bertz CT molecular complexity index is 384. The molecule has 0 aliphatic heterocycles. The predicted octanol–water partition coefficient (Wildman–Crippen LogP) is 3.00. The molecule has 1 aromatic heterocycles. The molecule has 0 N–H and O–H groups in total. The summed E-state index contributed by atoms with van der Waals surface area (Å²) in [6.07, 6.45) is -1.76. The first-order chi connectivity index (χ1) is 6.45. The minimum absolute atomic E-state index is 0.140. The zero-order valence-electron chi connectivity index (χ0n) is 7.00. The number of nitrogens with zero attached hydrogens (tertiary/aromatic N) is 2. The second-order valence-corrected chi connectivity index (χ2v) is 3.38. The Morgan fingerprint density at radius 3 is 2.64 bits per heavy atom. The lowest BCUT2D eigenvalue weighted by Gasteiger charge is -2.05. The summed E-state index contributed by atoms with van der Waals surface area (Å²) in [5.74, 6) is -0.791. The highest BCUT2D eigenvalue weighted by Gasteiger charge is 2.26. The van der Waals surface area contributed by atoms with Gasteiger partial charge in [0.2, 0.25) is 0 Å². The van der Waals surface area contributed by atoms with Crippen molar-refractivity contribution in [3.8, 4) is 0 Å². The van der Waals surface area contributed by atoms with Crippen molar-refractivity contribution in [2.24, 2.45) is 0 Å². The molecule has 1 rings (SSSR count). The Kier molecular flexibility index (Phi) is 3.10. The van der Waals surface area contributed by atoms with Crippen LogP contribution in [0.3, 0.4) is 0 Å². The number of alkyl halides is 2. The lowest BCUT2D eigenvalue weighted by atomic mass is 10.1. The highest BCUT2D eigenvalue weighted by atomic mass is 79.9. The standard InChI is InChI=1S/C7H5BrF2N2O2/c1-3-4(8)2-11-7(12(13)14)5(3)6(9)10/h2,6H,1H3. The quantitative estimate of drug-likeness (QED) is 0.611. The van der Waals surface area contributed by atoms with Crippen LogP contribution in [0.4, 0.5) is 14.6 Å². The van der Waals surface area contributed by atoms with E-state index in [1.54, 1.807) is 0 Å². The van der Waals surface area contributed by atoms with Gasteiger partial charge in [-0.05, 0) is 38.3 Å². The number of rotatable bonds is 2. The molecule has 1 aromatic rings. The summed E-state index contributed by atoms with van der Waals surface area (Å²) in [5, 5.41) is 10.4. The molecule has 0 bridgehead atoms. The van der Waals surface area contributed by atoms with E-state index in [1.165, 1.54) is 6.92 Å². The average molecular weight is 267 g/mol. The van der Waals surface area contributed by atoms with Crippen molar-refractivity contribution >= 4 is 21.7 Å². The summed E-state index contributed by atoms with van der Waals surface area (Å²) in [4.78, 5) is 12.8. The Hall–Kier alpha value is -1.11. The Morgan fingerprint density at radius 1 is 1.64 bits per heavy atom. The molecular weight excluding hydrogens is 262 g/mol. The summed E-state index contributed by atoms with van der Waals surface area (Å²) in [6, 6.07) is 0. The third kappa shape index (κ3) is 1.87. The minimum atomic E-state index is -2.90. The van der Waals surface area contributed by atoms with Gasteiger partial charge >= 0.3 is 5.82 Å². The van der Waals surface area contributed by atoms with E-state index in [0.29, 0.717) is 4.47 Å². The normalized spacial score (nSPS) is 10.6. The first-order valence-corrected chi connectivity index (χ1v) is 4.32. The maximum Gasteiger partial charge on any atom is 0.372 e. The van der Waals surface area contributed by atoms with Crippen LogP contribution >= 0.6 is 15.9 Å². The molecule has 0 unspecified atom stereocenters. The molecule has 0 aliphatic rings. The maximum atomic E-state index is 12.5. The van der Waals surface area contributed by atoms with Gasteiger partial charge in [-0.3, -0.25) is 0 Å². The first-order valence-electron chi connectivity index (χ1n) is 3.52. The molecule has 0 saturated carbocycles. The van der Waals surface area contributed by atoms with E-state index in [4.69, 9.17) is 0 Å². The molecule has 0 aliphatic carbocycles. The van der Waals surface area contributed by atoms with Gasteiger partial charge in [0.25, 0.3) is 6.43 Å². The second kappa shape index (κ2) is 3.95. The Balaban J connectivity index is 3.45. The van der Waals surface area contributed by atoms with E-state index >= 15 is 0 Å². The molecular formula is C7H5BrF2N2O2. The summed E-state index contributed by atoms with van der Waals surface area (Å²) in [7, 11) is 0. The van der Waals surface area contributed by atoms with Crippen molar-refractivity contribution in [2.45, 2.75) is 13.3 Å². The van der Waals surface area contributed by atoms with Crippen LogP contribution in [0.2, 0.25) is 0 Å². The van der Waals surface area contributed by atoms with Crippen LogP contribution in [-0.2, 0) is 0 Å². The summed E-state index contributed by atoms with van der Waals surface area (Å²) >= 11 is 2.98. The highest BCUT2D eigenvalue weighted by molar-refractivity contribution is 9.10. The molecule has 7 heteroatoms. The topological polar surface area (TPSA) is 56.0 Å². The smallest absolute Gasteiger partial charge is 0.358 e. The monoisotopic (exact) mass is 266 g/mol. The van der Waals surface area contributed by atoms with Gasteiger partial charge in [-0.25, -0.2) is 8.78 Å². The van der Waals surface area contributed by atoms with Gasteiger partial charge in [0.15, 0.2) is 6.20 Å². The maximum absolute atomic E-state index is 12.5. The van der Waals surface area contributed by atoms with Crippen molar-refractivity contribution in [1.82, 2.24) is 4.98 Å². The summed E-state index contributed by atoms with van der Waals surface area (Å²) in [6.45, 7) is 1.38. The fourth-order valence-corrected chi connectivity index (χ4v) is 1.30. The molecule has 0 fully saturated rings. The average Bonchev–Trinajstić information content (AvgIpc) is 2.08. The minimum Gasteiger partial charge on any atom is -0.358 e. The van der Waals surface area contributed by atoms with Crippen molar-refractivity contribution < 1.29 is 13.7 Å². The number of nitro groups is 1. The van der Waals surface area contributed by atoms with Gasteiger partial charge in [0, 0.05) is 0 Å². The van der Waals surface area contributed by atoms with Gasteiger partial charge in [-0.2, -0.15) is 0 Å². The summed E-state index contributed by atoms with van der Waals surface area (Å²) in [5.41, 5.74) is -0.494. The molecule has 0 spiro atoms. The molecule has 76 valence electrons. The fourth-order valence-electron chi connectivity index (χ4n) is 0.987. The number of hydrogen-bond acceptors (Lipinski definition) is 3. The molecule has 0 aromatic carbocycles. The third-order valence-corrected chi connectivity index (χ3v) is 2.49. The molecule has 0 atom stereocenters. The summed E-state index contributed by atoms with van der Waals surface area (Å²) < 4.78 is 25.3. The molecule has 0 amide bonds. The largest absolute Gasteiger partial charge is 0.372 e. The van der Waals surface area contributed by atoms with E-state index in [2.05, 4.69) is 20.9 Å². The predicted molar refractivity (Wildman–Crippen MR) is 48.3 cm³/mol. The SMILES string of the molecule is Cc1c(Br)cnc([N+](=O)[O-])c1C(F)F. The number of pyridine rings is 1. The van der Waals surface area contributed by atoms with Crippen LogP contribution < -0.4 is 0 Å². The van der Waals surface area contributed by atoms with Gasteiger partial charge in [-0.1, -0.05) is 0 Å². The van der Waals surface area contributed by atoms with Crippen molar-refractivity contribution in [3.05, 3.63) is 31.9 Å². The first kappa shape index (κ1) is 11.0. The number of hydrogen-bond donors (Lipinski definition) is 0. The van der Waals surface area contributed by atoms with Crippen LogP contribution in [-0.4, -0.2) is 9.91 Å². The van der Waals surface area contributed by atoms with E-state index in [9.17, 15) is 18.9 Å². The lowest BCUT2D eigenvalue weighted by molar-refractivity contribution is -0.391. The van der Waals surface area contributed by atoms with Crippen molar-refractivity contribution in [3.63, 3.8) is 0 Å². The second-order valence-electron chi connectivity index (χ2n) is 2.53. The van der Waals surface area contributed by atoms with E-state index in [-0.39, 0.29) is 5.56 Å². The van der Waals surface area contributed by atoms with Gasteiger partial charge in [0.1, 0.15) is 5.56 Å². The van der Waals surface area contributed by atoms with Gasteiger partial charge in [0.05, 0.1) is 4.47 Å². The van der Waals surface area contributed by atoms with E-state index in [0.717, 1.165) is 6.20 Å². The van der Waals surface area contributed by atoms with Crippen molar-refractivity contribution in [1.29, 1.82) is 0 Å². The Morgan fingerprint density at radius 2 is 2.21 bits per heavy atom.